The van der Waals surface area contributed by atoms with Crippen LogP contribution >= 0.6 is 0 Å². The van der Waals surface area contributed by atoms with Gasteiger partial charge in [-0.05, 0) is 30.4 Å². The number of hydrogen-bond acceptors (Lipinski definition) is 2. The Bertz CT molecular complexity index is 365. The van der Waals surface area contributed by atoms with Gasteiger partial charge in [0.05, 0.1) is 6.10 Å². The van der Waals surface area contributed by atoms with Crippen LogP contribution in [0.4, 0.5) is 0 Å². The third-order valence-electron chi connectivity index (χ3n) is 4.42. The highest BCUT2D eigenvalue weighted by molar-refractivity contribution is 5.26. The first-order valence-corrected chi connectivity index (χ1v) is 7.19. The van der Waals surface area contributed by atoms with E-state index in [9.17, 15) is 5.11 Å². The molecular formula is C16H25NO. The maximum atomic E-state index is 10.6. The van der Waals surface area contributed by atoms with Crippen molar-refractivity contribution in [3.05, 3.63) is 35.4 Å². The Kier molecular flexibility index (Phi) is 4.41. The molecule has 0 amide bonds. The summed E-state index contributed by atoms with van der Waals surface area (Å²) in [5.41, 5.74) is 8.23. The van der Waals surface area contributed by atoms with E-state index in [1.165, 1.54) is 18.4 Å². The van der Waals surface area contributed by atoms with Crippen molar-refractivity contribution in [2.24, 2.45) is 11.1 Å². The molecule has 0 bridgehead atoms. The smallest absolute Gasteiger partial charge is 0.0858 e. The Morgan fingerprint density at radius 3 is 2.33 bits per heavy atom. The average molecular weight is 247 g/mol. The van der Waals surface area contributed by atoms with Gasteiger partial charge in [-0.1, -0.05) is 50.5 Å². The molecule has 1 aromatic rings. The van der Waals surface area contributed by atoms with Crippen LogP contribution in [-0.2, 0) is 6.42 Å². The maximum Gasteiger partial charge on any atom is 0.0858 e. The van der Waals surface area contributed by atoms with E-state index >= 15 is 0 Å². The lowest BCUT2D eigenvalue weighted by Crippen LogP contribution is -2.34. The molecule has 0 saturated heterocycles. The fraction of sp³-hybridized carbons (Fsp3) is 0.625. The zero-order valence-electron chi connectivity index (χ0n) is 11.4. The summed E-state index contributed by atoms with van der Waals surface area (Å²) in [6.07, 6.45) is 6.38. The predicted octanol–water partition coefficient (Wildman–Crippen LogP) is 3.19. The lowest BCUT2D eigenvalue weighted by molar-refractivity contribution is 0.0333. The third-order valence-corrected chi connectivity index (χ3v) is 4.42. The van der Waals surface area contributed by atoms with Crippen molar-refractivity contribution >= 4 is 0 Å². The normalized spacial score (nSPS) is 19.9. The zero-order valence-corrected chi connectivity index (χ0v) is 11.4. The van der Waals surface area contributed by atoms with Gasteiger partial charge in [0.15, 0.2) is 0 Å². The number of aliphatic hydroxyl groups is 1. The highest BCUT2D eigenvalue weighted by Gasteiger charge is 2.39. The number of rotatable bonds is 5. The SMILES string of the molecule is CCCc1ccc([C@H](O)C2(CN)CCCC2)cc1. The molecular weight excluding hydrogens is 222 g/mol. The van der Waals surface area contributed by atoms with Gasteiger partial charge < -0.3 is 10.8 Å². The van der Waals surface area contributed by atoms with Crippen LogP contribution in [0.3, 0.4) is 0 Å². The Balaban J connectivity index is 2.14. The van der Waals surface area contributed by atoms with Crippen molar-refractivity contribution in [3.63, 3.8) is 0 Å². The van der Waals surface area contributed by atoms with Crippen LogP contribution in [0.1, 0.15) is 56.3 Å². The van der Waals surface area contributed by atoms with E-state index in [0.29, 0.717) is 6.54 Å². The van der Waals surface area contributed by atoms with Gasteiger partial charge in [-0.2, -0.15) is 0 Å². The standard InChI is InChI=1S/C16H25NO/c1-2-5-13-6-8-14(9-7-13)15(18)16(12-17)10-3-4-11-16/h6-9,15,18H,2-5,10-12,17H2,1H3/t15-/m0/s1. The predicted molar refractivity (Wildman–Crippen MR) is 75.4 cm³/mol. The van der Waals surface area contributed by atoms with Gasteiger partial charge in [0.2, 0.25) is 0 Å². The summed E-state index contributed by atoms with van der Waals surface area (Å²) in [4.78, 5) is 0. The monoisotopic (exact) mass is 247 g/mol. The van der Waals surface area contributed by atoms with Crippen molar-refractivity contribution < 1.29 is 5.11 Å². The first-order chi connectivity index (χ1) is 8.72. The van der Waals surface area contributed by atoms with Crippen LogP contribution in [0.25, 0.3) is 0 Å². The summed E-state index contributed by atoms with van der Waals surface area (Å²) in [5, 5.41) is 10.6. The average Bonchev–Trinajstić information content (AvgIpc) is 2.89. The lowest BCUT2D eigenvalue weighted by Gasteiger charge is -2.33. The van der Waals surface area contributed by atoms with Gasteiger partial charge in [-0.15, -0.1) is 0 Å². The molecule has 1 aliphatic carbocycles. The molecule has 1 saturated carbocycles. The second-order valence-corrected chi connectivity index (χ2v) is 5.67. The van der Waals surface area contributed by atoms with Gasteiger partial charge in [0.25, 0.3) is 0 Å². The second kappa shape index (κ2) is 5.85. The zero-order chi connectivity index (χ0) is 13.0. The minimum atomic E-state index is -0.402. The van der Waals surface area contributed by atoms with E-state index in [4.69, 9.17) is 5.73 Å². The lowest BCUT2D eigenvalue weighted by atomic mass is 9.77. The summed E-state index contributed by atoms with van der Waals surface area (Å²) >= 11 is 0. The number of hydrogen-bond donors (Lipinski definition) is 2. The largest absolute Gasteiger partial charge is 0.388 e. The van der Waals surface area contributed by atoms with Gasteiger partial charge in [0, 0.05) is 12.0 Å². The number of benzene rings is 1. The Morgan fingerprint density at radius 1 is 1.22 bits per heavy atom. The molecule has 0 aromatic heterocycles. The quantitative estimate of drug-likeness (QED) is 0.839. The molecule has 0 unspecified atom stereocenters. The molecule has 2 rings (SSSR count). The molecule has 2 nitrogen and oxygen atoms in total. The fourth-order valence-corrected chi connectivity index (χ4v) is 3.18. The van der Waals surface area contributed by atoms with Crippen molar-refractivity contribution in [2.75, 3.05) is 6.54 Å². The van der Waals surface area contributed by atoms with Crippen molar-refractivity contribution in [1.82, 2.24) is 0 Å². The molecule has 0 aliphatic heterocycles. The number of aliphatic hydroxyl groups excluding tert-OH is 1. The third kappa shape index (κ3) is 2.60. The topological polar surface area (TPSA) is 46.2 Å². The summed E-state index contributed by atoms with van der Waals surface area (Å²) in [5.74, 6) is 0. The van der Waals surface area contributed by atoms with Crippen LogP contribution in [0.2, 0.25) is 0 Å². The Hall–Kier alpha value is -0.860. The minimum Gasteiger partial charge on any atom is -0.388 e. The fourth-order valence-electron chi connectivity index (χ4n) is 3.18. The van der Waals surface area contributed by atoms with Crippen LogP contribution in [0.15, 0.2) is 24.3 Å². The maximum absolute atomic E-state index is 10.6. The summed E-state index contributed by atoms with van der Waals surface area (Å²) in [7, 11) is 0. The molecule has 3 N–H and O–H groups in total. The number of nitrogens with two attached hydrogens (primary N) is 1. The van der Waals surface area contributed by atoms with Crippen molar-refractivity contribution in [2.45, 2.75) is 51.6 Å². The molecule has 100 valence electrons. The Morgan fingerprint density at radius 2 is 1.83 bits per heavy atom. The first-order valence-electron chi connectivity index (χ1n) is 7.19. The van der Waals surface area contributed by atoms with E-state index < -0.39 is 6.10 Å². The van der Waals surface area contributed by atoms with Crippen LogP contribution in [0.5, 0.6) is 0 Å². The molecule has 18 heavy (non-hydrogen) atoms. The summed E-state index contributed by atoms with van der Waals surface area (Å²) in [6.45, 7) is 2.77. The molecule has 1 aromatic carbocycles. The van der Waals surface area contributed by atoms with Crippen molar-refractivity contribution in [1.29, 1.82) is 0 Å². The molecule has 1 aliphatic rings. The van der Waals surface area contributed by atoms with Crippen LogP contribution < -0.4 is 5.73 Å². The number of aryl methyl sites for hydroxylation is 1. The highest BCUT2D eigenvalue weighted by atomic mass is 16.3. The van der Waals surface area contributed by atoms with Crippen molar-refractivity contribution in [3.8, 4) is 0 Å². The summed E-state index contributed by atoms with van der Waals surface area (Å²) < 4.78 is 0. The molecule has 1 atom stereocenters. The van der Waals surface area contributed by atoms with Gasteiger partial charge >= 0.3 is 0 Å². The molecule has 0 radical (unpaired) electrons. The van der Waals surface area contributed by atoms with E-state index in [1.54, 1.807) is 0 Å². The van der Waals surface area contributed by atoms with E-state index in [-0.39, 0.29) is 5.41 Å². The van der Waals surface area contributed by atoms with Crippen LogP contribution in [0, 0.1) is 5.41 Å². The Labute approximate surface area is 110 Å². The van der Waals surface area contributed by atoms with Gasteiger partial charge in [0.1, 0.15) is 0 Å². The van der Waals surface area contributed by atoms with Crippen LogP contribution in [-0.4, -0.2) is 11.7 Å². The second-order valence-electron chi connectivity index (χ2n) is 5.67. The van der Waals surface area contributed by atoms with E-state index in [0.717, 1.165) is 31.2 Å². The summed E-state index contributed by atoms with van der Waals surface area (Å²) in [6, 6.07) is 8.43. The molecule has 0 spiro atoms. The highest BCUT2D eigenvalue weighted by Crippen LogP contribution is 2.46. The molecule has 1 fully saturated rings. The van der Waals surface area contributed by atoms with Gasteiger partial charge in [-0.25, -0.2) is 0 Å². The molecule has 2 heteroatoms. The molecule has 0 heterocycles. The van der Waals surface area contributed by atoms with E-state index in [2.05, 4.69) is 31.2 Å². The minimum absolute atomic E-state index is 0.0771. The first kappa shape index (κ1) is 13.6. The van der Waals surface area contributed by atoms with Gasteiger partial charge in [-0.3, -0.25) is 0 Å². The van der Waals surface area contributed by atoms with E-state index in [1.807, 2.05) is 0 Å².